The summed E-state index contributed by atoms with van der Waals surface area (Å²) < 4.78 is 0. The van der Waals surface area contributed by atoms with Crippen LogP contribution in [0.4, 0.5) is 23.1 Å². The van der Waals surface area contributed by atoms with Crippen LogP contribution in [-0.2, 0) is 25.8 Å². The van der Waals surface area contributed by atoms with Crippen LogP contribution in [0.5, 0.6) is 0 Å². The molecule has 6 nitrogen and oxygen atoms in total. The molecule has 6 heteroatoms. The second-order valence-electron chi connectivity index (χ2n) is 8.53. The smallest absolute Gasteiger partial charge is 0.229 e. The first-order chi connectivity index (χ1) is 15.6. The topological polar surface area (TPSA) is 73.9 Å². The summed E-state index contributed by atoms with van der Waals surface area (Å²) >= 11 is 0. The van der Waals surface area contributed by atoms with Crippen LogP contribution < -0.4 is 21.3 Å². The van der Waals surface area contributed by atoms with Crippen LogP contribution in [0.25, 0.3) is 5.70 Å². The van der Waals surface area contributed by atoms with Gasteiger partial charge in [-0.05, 0) is 73.7 Å². The minimum absolute atomic E-state index is 0.601. The van der Waals surface area contributed by atoms with Crippen LogP contribution in [0.2, 0.25) is 0 Å². The molecule has 2 aliphatic heterocycles. The van der Waals surface area contributed by atoms with Gasteiger partial charge in [0.25, 0.3) is 0 Å². The molecule has 0 atom stereocenters. The zero-order chi connectivity index (χ0) is 22.1. The highest BCUT2D eigenvalue weighted by Gasteiger charge is 2.19. The zero-order valence-electron chi connectivity index (χ0n) is 18.8. The van der Waals surface area contributed by atoms with Crippen molar-refractivity contribution >= 4 is 28.8 Å². The number of hydrogen-bond acceptors (Lipinski definition) is 6. The van der Waals surface area contributed by atoms with E-state index in [0.717, 1.165) is 72.9 Å². The van der Waals surface area contributed by atoms with Crippen molar-refractivity contribution in [2.24, 2.45) is 0 Å². The Morgan fingerprint density at radius 3 is 2.66 bits per heavy atom. The minimum atomic E-state index is 0.601. The number of nitrogens with one attached hydrogen (secondary N) is 4. The predicted octanol–water partition coefficient (Wildman–Crippen LogP) is 4.60. The zero-order valence-corrected chi connectivity index (χ0v) is 18.8. The predicted molar refractivity (Wildman–Crippen MR) is 132 cm³/mol. The number of benzene rings is 2. The fourth-order valence-electron chi connectivity index (χ4n) is 4.56. The Balaban J connectivity index is 1.45. The van der Waals surface area contributed by atoms with Gasteiger partial charge < -0.3 is 21.3 Å². The van der Waals surface area contributed by atoms with Crippen molar-refractivity contribution in [1.82, 2.24) is 20.6 Å². The summed E-state index contributed by atoms with van der Waals surface area (Å²) in [5.41, 5.74) is 10.6. The standard InChI is InChI=1S/C26H30N6/c1-4-18-12-19-8-10-27-11-9-20(19)13-23(18)31-26-29-14-16(2)25(32-26)30-22-7-5-6-21-15-28-17(3)24(21)22/h5-7,12-14,27-28H,3-4,8-11,15H2,1-2H3,(H2,29,30,31,32). The summed E-state index contributed by atoms with van der Waals surface area (Å²) in [5, 5.41) is 13.8. The lowest BCUT2D eigenvalue weighted by molar-refractivity contribution is 0.711. The molecule has 0 amide bonds. The summed E-state index contributed by atoms with van der Waals surface area (Å²) in [6.45, 7) is 11.3. The van der Waals surface area contributed by atoms with Gasteiger partial charge in [0.15, 0.2) is 0 Å². The molecule has 0 radical (unpaired) electrons. The first kappa shape index (κ1) is 20.5. The van der Waals surface area contributed by atoms with Gasteiger partial charge in [-0.25, -0.2) is 4.98 Å². The van der Waals surface area contributed by atoms with Gasteiger partial charge in [0.05, 0.1) is 0 Å². The SMILES string of the molecule is C=C1NCc2cccc(Nc3nc(Nc4cc5c(cc4CC)CCNCC5)ncc3C)c21. The highest BCUT2D eigenvalue weighted by Crippen LogP contribution is 2.33. The van der Waals surface area contributed by atoms with E-state index in [4.69, 9.17) is 4.98 Å². The van der Waals surface area contributed by atoms with E-state index in [1.807, 2.05) is 13.1 Å². The Labute approximate surface area is 189 Å². The molecule has 2 aliphatic rings. The Morgan fingerprint density at radius 2 is 1.84 bits per heavy atom. The molecule has 3 heterocycles. The molecule has 0 saturated carbocycles. The Hall–Kier alpha value is -3.38. The van der Waals surface area contributed by atoms with Gasteiger partial charge in [-0.2, -0.15) is 4.98 Å². The maximum absolute atomic E-state index is 4.82. The third kappa shape index (κ3) is 3.94. The van der Waals surface area contributed by atoms with Crippen LogP contribution in [0.3, 0.4) is 0 Å². The van der Waals surface area contributed by atoms with E-state index in [9.17, 15) is 0 Å². The fourth-order valence-corrected chi connectivity index (χ4v) is 4.56. The van der Waals surface area contributed by atoms with E-state index in [1.165, 1.54) is 22.3 Å². The minimum Gasteiger partial charge on any atom is -0.381 e. The van der Waals surface area contributed by atoms with Gasteiger partial charge >= 0.3 is 0 Å². The number of nitrogens with zero attached hydrogens (tertiary/aromatic N) is 2. The largest absolute Gasteiger partial charge is 0.381 e. The highest BCUT2D eigenvalue weighted by atomic mass is 15.1. The highest BCUT2D eigenvalue weighted by molar-refractivity contribution is 5.82. The number of rotatable bonds is 5. The molecule has 0 aliphatic carbocycles. The van der Waals surface area contributed by atoms with Crippen LogP contribution >= 0.6 is 0 Å². The lowest BCUT2D eigenvalue weighted by Gasteiger charge is -2.17. The fraction of sp³-hybridized carbons (Fsp3) is 0.308. The van der Waals surface area contributed by atoms with Crippen molar-refractivity contribution in [3.8, 4) is 0 Å². The maximum atomic E-state index is 4.82. The van der Waals surface area contributed by atoms with Gasteiger partial charge in [-0.1, -0.05) is 31.7 Å². The van der Waals surface area contributed by atoms with Crippen LogP contribution in [0.1, 0.15) is 40.3 Å². The van der Waals surface area contributed by atoms with Gasteiger partial charge in [0.2, 0.25) is 5.95 Å². The van der Waals surface area contributed by atoms with E-state index in [1.54, 1.807) is 0 Å². The third-order valence-corrected chi connectivity index (χ3v) is 6.36. The van der Waals surface area contributed by atoms with E-state index in [2.05, 4.69) is 70.1 Å². The van der Waals surface area contributed by atoms with E-state index in [0.29, 0.717) is 5.95 Å². The Bertz CT molecular complexity index is 1180. The summed E-state index contributed by atoms with van der Waals surface area (Å²) in [6, 6.07) is 10.9. The van der Waals surface area contributed by atoms with E-state index >= 15 is 0 Å². The first-order valence-corrected chi connectivity index (χ1v) is 11.4. The van der Waals surface area contributed by atoms with Crippen molar-refractivity contribution in [1.29, 1.82) is 0 Å². The lowest BCUT2D eigenvalue weighted by Crippen LogP contribution is -2.16. The Morgan fingerprint density at radius 1 is 1.03 bits per heavy atom. The molecule has 5 rings (SSSR count). The van der Waals surface area contributed by atoms with Gasteiger partial charge in [-0.3, -0.25) is 0 Å². The number of anilines is 4. The lowest BCUT2D eigenvalue weighted by atomic mass is 9.97. The van der Waals surface area contributed by atoms with Crippen molar-refractivity contribution < 1.29 is 0 Å². The number of aromatic nitrogens is 2. The normalized spacial score (nSPS) is 14.9. The van der Waals surface area contributed by atoms with Gasteiger partial charge in [0.1, 0.15) is 5.82 Å². The maximum Gasteiger partial charge on any atom is 0.229 e. The van der Waals surface area contributed by atoms with Crippen LogP contribution in [0, 0.1) is 6.92 Å². The Kier molecular flexibility index (Phi) is 5.53. The second kappa shape index (κ2) is 8.63. The monoisotopic (exact) mass is 426 g/mol. The summed E-state index contributed by atoms with van der Waals surface area (Å²) in [7, 11) is 0. The summed E-state index contributed by atoms with van der Waals surface area (Å²) in [6.07, 6.45) is 4.96. The summed E-state index contributed by atoms with van der Waals surface area (Å²) in [4.78, 5) is 9.39. The molecule has 2 aromatic carbocycles. The van der Waals surface area contributed by atoms with Crippen LogP contribution in [0.15, 0.2) is 43.1 Å². The molecule has 0 fully saturated rings. The molecule has 4 N–H and O–H groups in total. The molecule has 1 aromatic heterocycles. The molecule has 32 heavy (non-hydrogen) atoms. The number of fused-ring (bicyclic) bond motifs is 2. The third-order valence-electron chi connectivity index (χ3n) is 6.36. The van der Waals surface area contributed by atoms with Crippen molar-refractivity contribution in [3.63, 3.8) is 0 Å². The van der Waals surface area contributed by atoms with Crippen LogP contribution in [-0.4, -0.2) is 23.1 Å². The van der Waals surface area contributed by atoms with E-state index < -0.39 is 0 Å². The second-order valence-corrected chi connectivity index (χ2v) is 8.53. The van der Waals surface area contributed by atoms with Gasteiger partial charge in [-0.15, -0.1) is 0 Å². The molecule has 0 saturated heterocycles. The molecule has 0 bridgehead atoms. The number of aryl methyl sites for hydroxylation is 2. The van der Waals surface area contributed by atoms with E-state index in [-0.39, 0.29) is 0 Å². The molecule has 0 spiro atoms. The molecular formula is C26H30N6. The van der Waals surface area contributed by atoms with Crippen molar-refractivity contribution in [2.45, 2.75) is 39.7 Å². The summed E-state index contributed by atoms with van der Waals surface area (Å²) in [5.74, 6) is 1.40. The quantitative estimate of drug-likeness (QED) is 0.478. The molecular weight excluding hydrogens is 396 g/mol. The average molecular weight is 427 g/mol. The first-order valence-electron chi connectivity index (χ1n) is 11.4. The molecule has 164 valence electrons. The molecule has 3 aromatic rings. The molecule has 0 unspecified atom stereocenters. The average Bonchev–Trinajstić information content (AvgIpc) is 3.03. The van der Waals surface area contributed by atoms with Gasteiger partial charge in [0, 0.05) is 40.9 Å². The van der Waals surface area contributed by atoms with Crippen molar-refractivity contribution in [2.75, 3.05) is 23.7 Å². The number of hydrogen-bond donors (Lipinski definition) is 4. The van der Waals surface area contributed by atoms with Crippen molar-refractivity contribution in [3.05, 3.63) is 76.5 Å².